The highest BCUT2D eigenvalue weighted by Gasteiger charge is 2.60. The van der Waals surface area contributed by atoms with Crippen LogP contribution in [0.4, 0.5) is 5.82 Å². The maximum Gasteiger partial charge on any atom is 0.312 e. The summed E-state index contributed by atoms with van der Waals surface area (Å²) in [4.78, 5) is 57.5. The first-order chi connectivity index (χ1) is 51.0. The van der Waals surface area contributed by atoms with E-state index in [-0.39, 0.29) is 12.9 Å². The van der Waals surface area contributed by atoms with E-state index in [2.05, 4.69) is 32.6 Å². The molecule has 0 bridgehead atoms. The zero-order valence-corrected chi connectivity index (χ0v) is 61.0. The Bertz CT molecular complexity index is 2930. The average molecular weight is 1540 g/mol. The fraction of sp³-hybridized carbons (Fsp3) is 0.841. The molecule has 0 radical (unpaired) electrons. The number of aromatic nitrogens is 2. The van der Waals surface area contributed by atoms with Gasteiger partial charge in [-0.25, -0.2) is 9.97 Å². The second-order valence-corrected chi connectivity index (χ2v) is 29.2. The van der Waals surface area contributed by atoms with Gasteiger partial charge in [-0.1, -0.05) is 116 Å². The second kappa shape index (κ2) is 43.1. The zero-order valence-electron chi connectivity index (χ0n) is 60.2. The van der Waals surface area contributed by atoms with Crippen molar-refractivity contribution in [3.8, 4) is 0 Å². The number of nitrogens with one attached hydrogen (secondary N) is 2. The van der Waals surface area contributed by atoms with Gasteiger partial charge in [0.25, 0.3) is 5.91 Å². The molecule has 6 saturated heterocycles. The topological polar surface area (TPSA) is 533 Å². The highest BCUT2D eigenvalue weighted by molar-refractivity contribution is 7.16. The largest absolute Gasteiger partial charge is 0.394 e. The normalized spacial score (nSPS) is 35.8. The summed E-state index contributed by atoms with van der Waals surface area (Å²) < 4.78 is 60.9. The number of anilines is 1. The van der Waals surface area contributed by atoms with Crippen LogP contribution in [0.15, 0.2) is 29.9 Å². The van der Waals surface area contributed by atoms with Gasteiger partial charge in [0.05, 0.1) is 75.5 Å². The first kappa shape index (κ1) is 87.5. The number of amides is 2. The number of aliphatic hydroxyl groups is 16. The summed E-state index contributed by atoms with van der Waals surface area (Å²) in [6, 6.07) is 0.626. The van der Waals surface area contributed by atoms with Gasteiger partial charge in [0, 0.05) is 56.9 Å². The highest BCUT2D eigenvalue weighted by Crippen LogP contribution is 2.42. The molecule has 8 heterocycles. The third-order valence-electron chi connectivity index (χ3n) is 20.7. The van der Waals surface area contributed by atoms with E-state index in [0.717, 1.165) is 48.1 Å². The number of rotatable bonds is 42. The number of piperazine rings is 1. The molecule has 6 aliphatic heterocycles. The number of hydroxylamine groups is 1. The Morgan fingerprint density at radius 2 is 1.20 bits per heavy atom. The number of carbonyl (C=O) groups excluding carboxylic acids is 3. The molecule has 28 atom stereocenters. The van der Waals surface area contributed by atoms with E-state index in [4.69, 9.17) is 52.2 Å². The minimum Gasteiger partial charge on any atom is -0.394 e. The first-order valence-electron chi connectivity index (χ1n) is 37.1. The van der Waals surface area contributed by atoms with E-state index in [1.807, 2.05) is 11.4 Å². The van der Waals surface area contributed by atoms with Crippen LogP contribution in [0.3, 0.4) is 0 Å². The van der Waals surface area contributed by atoms with Crippen LogP contribution in [0.2, 0.25) is 0 Å². The minimum absolute atomic E-state index is 0.0681. The Balaban J connectivity index is 0.979. The predicted octanol–water partition coefficient (Wildman–Crippen LogP) is -3.58. The van der Waals surface area contributed by atoms with E-state index in [1.54, 1.807) is 4.90 Å². The Labute approximate surface area is 618 Å². The van der Waals surface area contributed by atoms with Crippen LogP contribution in [-0.4, -0.2) is 340 Å². The summed E-state index contributed by atoms with van der Waals surface area (Å²) in [6.07, 6.45) is -25.0. The van der Waals surface area contributed by atoms with Gasteiger partial charge in [0.2, 0.25) is 11.8 Å². The number of thiophene rings is 1. The smallest absolute Gasteiger partial charge is 0.312 e. The number of fused-ring (bicyclic) bond motifs is 1. The molecule has 6 fully saturated rings. The van der Waals surface area contributed by atoms with E-state index in [9.17, 15) is 96.1 Å². The first-order valence-corrected chi connectivity index (χ1v) is 38.0. The molecule has 37 heteroatoms. The molecule has 606 valence electrons. The SMILES string of the molecule is CCCCCCCCCCCCCCCCCC(=O)N[C@@H](COC1OC(CO)C(OC2OC(CO)C(OC3OC(CO)C(O)C(OC4OC(CO)C(O)C(O)C4O)C3C)C(OC3(NOC=O)CC(O)C(C)C([C@H](O)[C@H](O)CO)O3)C2O)C(O)C1O)[C@H](O)/C=C/C(=O)N1CCN(c2ncnc3sccc23)CC1. The van der Waals surface area contributed by atoms with Gasteiger partial charge in [0.15, 0.2) is 25.2 Å². The summed E-state index contributed by atoms with van der Waals surface area (Å²) in [5, 5.41) is 183. The van der Waals surface area contributed by atoms with Gasteiger partial charge < -0.3 is 149 Å². The Morgan fingerprint density at radius 3 is 1.82 bits per heavy atom. The summed E-state index contributed by atoms with van der Waals surface area (Å²) in [5.74, 6) is -5.28. The van der Waals surface area contributed by atoms with Crippen LogP contribution in [0.5, 0.6) is 0 Å². The van der Waals surface area contributed by atoms with Crippen LogP contribution >= 0.6 is 11.3 Å². The van der Waals surface area contributed by atoms with E-state index >= 15 is 0 Å². The number of carbonyl (C=O) groups is 3. The number of nitrogens with zero attached hydrogens (tertiary/aromatic N) is 4. The molecule has 18 N–H and O–H groups in total. The van der Waals surface area contributed by atoms with Gasteiger partial charge >= 0.3 is 6.47 Å². The van der Waals surface area contributed by atoms with Crippen molar-refractivity contribution in [2.45, 2.75) is 289 Å². The summed E-state index contributed by atoms with van der Waals surface area (Å²) in [6.45, 7) is 0.787. The highest BCUT2D eigenvalue weighted by atomic mass is 32.1. The molecular weight excluding hydrogens is 1420 g/mol. The van der Waals surface area contributed by atoms with Crippen molar-refractivity contribution in [2.24, 2.45) is 11.8 Å². The monoisotopic (exact) mass is 1540 g/mol. The number of unbranched alkanes of at least 4 members (excludes halogenated alkanes) is 14. The Kier molecular flexibility index (Phi) is 35.6. The number of hydrogen-bond acceptors (Lipinski definition) is 35. The molecule has 0 spiro atoms. The van der Waals surface area contributed by atoms with Gasteiger partial charge in [-0.15, -0.1) is 11.3 Å². The molecule has 2 amide bonds. The lowest BCUT2D eigenvalue weighted by Gasteiger charge is -2.53. The van der Waals surface area contributed by atoms with Crippen LogP contribution < -0.4 is 15.7 Å². The van der Waals surface area contributed by atoms with E-state index in [0.29, 0.717) is 32.6 Å². The fourth-order valence-corrected chi connectivity index (χ4v) is 15.0. The lowest BCUT2D eigenvalue weighted by Crippen LogP contribution is -2.70. The van der Waals surface area contributed by atoms with Gasteiger partial charge in [-0.05, 0) is 23.9 Å². The maximum atomic E-state index is 13.7. The molecule has 2 aromatic heterocycles. The van der Waals surface area contributed by atoms with Crippen LogP contribution in [0.1, 0.15) is 130 Å². The van der Waals surface area contributed by atoms with Crippen molar-refractivity contribution in [1.29, 1.82) is 0 Å². The molecule has 106 heavy (non-hydrogen) atoms. The van der Waals surface area contributed by atoms with Crippen LogP contribution in [0, 0.1) is 11.8 Å². The molecule has 36 nitrogen and oxygen atoms in total. The predicted molar refractivity (Wildman–Crippen MR) is 369 cm³/mol. The standard InChI is InChI=1S/C69H114N6O30S/c1-4-5-6-7-8-9-10-11-12-13-14-15-16-17-18-19-48(85)72-40(41(82)20-21-49(86)74-23-25-75(26-24-74)63-39-22-27-106-64(39)71-35-70-63)34-95-66-56(93)54(91)60(46(32-79)99-66)102-68-57(94)62(105-69(73-96-36-81)28-42(83)37(2)59(104-69)50(87)43(84)29-76)61(47(33-80)100-68)103-65-38(3)58(52(89)45(31-78)97-65)101-67-55(92)53(90)51(88)44(30-77)98-67/h20-22,27,35-38,40-47,50-62,65-68,73,76-80,82-84,87-94H,4-19,23-26,28-34H2,1-3H3,(H,72,85)/b21-20+/t37?,38?,40-,41+,42?,43+,44?,45?,46?,47?,50+,51?,52?,53?,54?,55?,56?,57?,58?,59?,60?,61?,62?,65?,66?,67?,68?,69?/m0/s1. The fourth-order valence-electron chi connectivity index (χ4n) is 14.2. The number of aliphatic hydroxyl groups excluding tert-OH is 16. The molecular formula is C69H114N6O30S. The lowest BCUT2D eigenvalue weighted by atomic mass is 9.86. The minimum atomic E-state index is -2.74. The van der Waals surface area contributed by atoms with Crippen molar-refractivity contribution in [1.82, 2.24) is 25.7 Å². The lowest BCUT2D eigenvalue weighted by molar-refractivity contribution is -0.426. The molecule has 6 aliphatic rings. The molecule has 0 saturated carbocycles. The van der Waals surface area contributed by atoms with Crippen molar-refractivity contribution in [2.75, 3.05) is 70.7 Å². The molecule has 8 rings (SSSR count). The number of hydrogen-bond donors (Lipinski definition) is 18. The van der Waals surface area contributed by atoms with Crippen molar-refractivity contribution in [3.05, 3.63) is 29.9 Å². The number of ether oxygens (including phenoxy) is 10. The van der Waals surface area contributed by atoms with Crippen molar-refractivity contribution < 1.29 is 148 Å². The van der Waals surface area contributed by atoms with Gasteiger partial charge in [-0.3, -0.25) is 14.4 Å². The third-order valence-corrected chi connectivity index (χ3v) is 21.5. The zero-order chi connectivity index (χ0) is 76.8. The van der Waals surface area contributed by atoms with Crippen LogP contribution in [-0.2, 0) is 66.6 Å². The summed E-state index contributed by atoms with van der Waals surface area (Å²) in [7, 11) is 0. The maximum absolute atomic E-state index is 13.7. The molecule has 24 unspecified atom stereocenters. The average Bonchev–Trinajstić information content (AvgIpc) is 0.926. The Morgan fingerprint density at radius 1 is 0.642 bits per heavy atom. The van der Waals surface area contributed by atoms with E-state index in [1.165, 1.54) is 101 Å². The second-order valence-electron chi connectivity index (χ2n) is 28.3. The van der Waals surface area contributed by atoms with E-state index < -0.39 is 229 Å². The van der Waals surface area contributed by atoms with Crippen LogP contribution in [0.25, 0.3) is 10.2 Å². The molecule has 0 aliphatic carbocycles. The van der Waals surface area contributed by atoms with Crippen molar-refractivity contribution in [3.63, 3.8) is 0 Å². The van der Waals surface area contributed by atoms with Gasteiger partial charge in [-0.2, -0.15) is 0 Å². The quantitative estimate of drug-likeness (QED) is 0.0100. The molecule has 0 aromatic carbocycles. The summed E-state index contributed by atoms with van der Waals surface area (Å²) >= 11 is 1.49. The summed E-state index contributed by atoms with van der Waals surface area (Å²) in [5.41, 5.74) is 2.18. The molecule has 2 aromatic rings. The third kappa shape index (κ3) is 22.8. The van der Waals surface area contributed by atoms with Gasteiger partial charge in [0.1, 0.15) is 115 Å². The van der Waals surface area contributed by atoms with Crippen molar-refractivity contribution >= 4 is 45.7 Å². The Hall–Kier alpha value is -4.09.